The van der Waals surface area contributed by atoms with Gasteiger partial charge in [0.25, 0.3) is 0 Å². The van der Waals surface area contributed by atoms with E-state index in [4.69, 9.17) is 11.6 Å². The van der Waals surface area contributed by atoms with Crippen LogP contribution in [0.4, 0.5) is 0 Å². The molecule has 0 aliphatic heterocycles. The Morgan fingerprint density at radius 3 is 2.80 bits per heavy atom. The van der Waals surface area contributed by atoms with Crippen LogP contribution < -0.4 is 0 Å². The van der Waals surface area contributed by atoms with Crippen LogP contribution in [0.3, 0.4) is 0 Å². The Kier molecular flexibility index (Phi) is 3.21. The van der Waals surface area contributed by atoms with Crippen LogP contribution in [-0.4, -0.2) is 0 Å². The van der Waals surface area contributed by atoms with Gasteiger partial charge in [-0.15, -0.1) is 11.3 Å². The molecule has 3 heteroatoms. The summed E-state index contributed by atoms with van der Waals surface area (Å²) in [4.78, 5) is 1.79. The third-order valence-corrected chi connectivity index (χ3v) is 4.05. The topological polar surface area (TPSA) is 0 Å². The number of hydrogen-bond acceptors (Lipinski definition) is 1. The summed E-state index contributed by atoms with van der Waals surface area (Å²) in [7, 11) is 0. The molecule has 0 N–H and O–H groups in total. The minimum Gasteiger partial charge on any atom is -0.127 e. The smallest absolute Gasteiger partial charge is 0.0931 e. The third-order valence-electron chi connectivity index (χ3n) is 1.26. The molecule has 10 heavy (non-hydrogen) atoms. The van der Waals surface area contributed by atoms with E-state index >= 15 is 0 Å². The van der Waals surface area contributed by atoms with Gasteiger partial charge in [-0.25, -0.2) is 0 Å². The highest BCUT2D eigenvalue weighted by Gasteiger charge is 2.06. The van der Waals surface area contributed by atoms with Crippen molar-refractivity contribution < 1.29 is 0 Å². The Morgan fingerprint density at radius 2 is 2.40 bits per heavy atom. The summed E-state index contributed by atoms with van der Waals surface area (Å²) >= 11 is 10.9. The van der Waals surface area contributed by atoms with Crippen molar-refractivity contribution in [3.8, 4) is 0 Å². The molecule has 56 valence electrons. The van der Waals surface area contributed by atoms with Crippen LogP contribution in [0.2, 0.25) is 4.34 Å². The Morgan fingerprint density at radius 1 is 1.70 bits per heavy atom. The Labute approximate surface area is 78.3 Å². The number of rotatable bonds is 2. The first-order valence-corrected chi connectivity index (χ1v) is 5.24. The SMILES string of the molecule is CCC(Br)c1ccc(Cl)s1. The standard InChI is InChI=1S/C7H8BrClS/c1-2-5(8)6-3-4-7(9)10-6/h3-5H,2H2,1H3. The van der Waals surface area contributed by atoms with Crippen LogP contribution in [0.1, 0.15) is 23.0 Å². The van der Waals surface area contributed by atoms with E-state index in [2.05, 4.69) is 28.9 Å². The van der Waals surface area contributed by atoms with Crippen molar-refractivity contribution in [1.82, 2.24) is 0 Å². The lowest BCUT2D eigenvalue weighted by Gasteiger charge is -2.00. The molecule has 1 heterocycles. The van der Waals surface area contributed by atoms with Crippen molar-refractivity contribution in [3.05, 3.63) is 21.3 Å². The van der Waals surface area contributed by atoms with Gasteiger partial charge >= 0.3 is 0 Å². The molecule has 0 amide bonds. The quantitative estimate of drug-likeness (QED) is 0.677. The molecule has 0 fully saturated rings. The van der Waals surface area contributed by atoms with Gasteiger partial charge in [0.1, 0.15) is 0 Å². The molecule has 0 nitrogen and oxygen atoms in total. The van der Waals surface area contributed by atoms with Gasteiger partial charge in [0.05, 0.1) is 4.34 Å². The molecule has 0 aliphatic rings. The van der Waals surface area contributed by atoms with E-state index in [0.717, 1.165) is 10.8 Å². The van der Waals surface area contributed by atoms with E-state index in [0.29, 0.717) is 4.83 Å². The highest BCUT2D eigenvalue weighted by molar-refractivity contribution is 9.09. The zero-order valence-corrected chi connectivity index (χ0v) is 8.76. The lowest BCUT2D eigenvalue weighted by Crippen LogP contribution is -1.79. The molecule has 1 aromatic rings. The largest absolute Gasteiger partial charge is 0.127 e. The van der Waals surface area contributed by atoms with Crippen molar-refractivity contribution in [2.45, 2.75) is 18.2 Å². The van der Waals surface area contributed by atoms with Gasteiger partial charge < -0.3 is 0 Å². The summed E-state index contributed by atoms with van der Waals surface area (Å²) in [6.45, 7) is 2.15. The van der Waals surface area contributed by atoms with Gasteiger partial charge in [0, 0.05) is 9.70 Å². The molecule has 0 aliphatic carbocycles. The highest BCUT2D eigenvalue weighted by atomic mass is 79.9. The second kappa shape index (κ2) is 3.74. The van der Waals surface area contributed by atoms with Gasteiger partial charge in [-0.2, -0.15) is 0 Å². The number of halogens is 2. The number of thiophene rings is 1. The molecule has 1 atom stereocenters. The van der Waals surface area contributed by atoms with Gasteiger partial charge in [-0.1, -0.05) is 34.5 Å². The van der Waals surface area contributed by atoms with Crippen LogP contribution in [0.15, 0.2) is 12.1 Å². The van der Waals surface area contributed by atoms with E-state index in [1.54, 1.807) is 11.3 Å². The molecule has 0 spiro atoms. The van der Waals surface area contributed by atoms with Crippen molar-refractivity contribution in [1.29, 1.82) is 0 Å². The maximum atomic E-state index is 5.76. The van der Waals surface area contributed by atoms with Crippen molar-refractivity contribution in [3.63, 3.8) is 0 Å². The maximum absolute atomic E-state index is 5.76. The van der Waals surface area contributed by atoms with Gasteiger partial charge in [0.2, 0.25) is 0 Å². The normalized spacial score (nSPS) is 13.5. The van der Waals surface area contributed by atoms with Crippen LogP contribution in [0.5, 0.6) is 0 Å². The van der Waals surface area contributed by atoms with Crippen molar-refractivity contribution >= 4 is 38.9 Å². The Balaban J connectivity index is 2.74. The zero-order valence-electron chi connectivity index (χ0n) is 5.60. The lowest BCUT2D eigenvalue weighted by atomic mass is 10.3. The molecule has 0 radical (unpaired) electrons. The van der Waals surface area contributed by atoms with E-state index < -0.39 is 0 Å². The molecule has 0 saturated carbocycles. The Hall–Kier alpha value is 0.470. The maximum Gasteiger partial charge on any atom is 0.0931 e. The van der Waals surface area contributed by atoms with E-state index in [-0.39, 0.29) is 0 Å². The van der Waals surface area contributed by atoms with Crippen molar-refractivity contribution in [2.75, 3.05) is 0 Å². The molecule has 0 bridgehead atoms. The van der Waals surface area contributed by atoms with Crippen LogP contribution in [0.25, 0.3) is 0 Å². The fraction of sp³-hybridized carbons (Fsp3) is 0.429. The molecule has 0 saturated heterocycles. The highest BCUT2D eigenvalue weighted by Crippen LogP contribution is 2.33. The van der Waals surface area contributed by atoms with E-state index in [9.17, 15) is 0 Å². The summed E-state index contributed by atoms with van der Waals surface area (Å²) in [5.41, 5.74) is 0. The predicted molar refractivity (Wildman–Crippen MR) is 51.3 cm³/mol. The monoisotopic (exact) mass is 238 g/mol. The molecule has 1 aromatic heterocycles. The summed E-state index contributed by atoms with van der Waals surface area (Å²) < 4.78 is 0.868. The molecule has 1 unspecified atom stereocenters. The second-order valence-electron chi connectivity index (χ2n) is 2.02. The predicted octanol–water partition coefficient (Wildman–Crippen LogP) is 4.25. The first-order chi connectivity index (χ1) is 4.74. The van der Waals surface area contributed by atoms with Gasteiger partial charge in [-0.05, 0) is 18.6 Å². The third kappa shape index (κ3) is 1.97. The minimum atomic E-state index is 0.477. The molecular formula is C7H8BrClS. The van der Waals surface area contributed by atoms with Crippen LogP contribution >= 0.6 is 38.9 Å². The fourth-order valence-corrected chi connectivity index (χ4v) is 2.25. The molecular weight excluding hydrogens is 232 g/mol. The van der Waals surface area contributed by atoms with Crippen LogP contribution in [0, 0.1) is 0 Å². The minimum absolute atomic E-state index is 0.477. The molecule has 1 rings (SSSR count). The average molecular weight is 240 g/mol. The first-order valence-electron chi connectivity index (χ1n) is 3.13. The van der Waals surface area contributed by atoms with Gasteiger partial charge in [-0.3, -0.25) is 0 Å². The second-order valence-corrected chi connectivity index (χ2v) is 4.87. The first kappa shape index (κ1) is 8.57. The summed E-state index contributed by atoms with van der Waals surface area (Å²) in [6.07, 6.45) is 1.11. The fourth-order valence-electron chi connectivity index (χ4n) is 0.698. The number of hydrogen-bond donors (Lipinski definition) is 0. The van der Waals surface area contributed by atoms with Crippen LogP contribution in [-0.2, 0) is 0 Å². The summed E-state index contributed by atoms with van der Waals surface area (Å²) in [5.74, 6) is 0. The lowest BCUT2D eigenvalue weighted by molar-refractivity contribution is 0.929. The van der Waals surface area contributed by atoms with Gasteiger partial charge in [0.15, 0.2) is 0 Å². The zero-order chi connectivity index (χ0) is 7.56. The summed E-state index contributed by atoms with van der Waals surface area (Å²) in [5, 5.41) is 0. The van der Waals surface area contributed by atoms with E-state index in [1.165, 1.54) is 4.88 Å². The van der Waals surface area contributed by atoms with E-state index in [1.807, 2.05) is 6.07 Å². The van der Waals surface area contributed by atoms with Crippen molar-refractivity contribution in [2.24, 2.45) is 0 Å². The Bertz CT molecular complexity index is 209. The number of alkyl halides is 1. The average Bonchev–Trinajstić information content (AvgIpc) is 2.34. The summed E-state index contributed by atoms with van der Waals surface area (Å²) in [6, 6.07) is 4.00. The molecule has 0 aromatic carbocycles.